The average molecular weight is 284 g/mol. The zero-order chi connectivity index (χ0) is 14.7. The lowest BCUT2D eigenvalue weighted by Crippen LogP contribution is -2.17. The van der Waals surface area contributed by atoms with E-state index < -0.39 is 0 Å². The van der Waals surface area contributed by atoms with Gasteiger partial charge in [0.1, 0.15) is 5.82 Å². The smallest absolute Gasteiger partial charge is 0.128 e. The fourth-order valence-corrected chi connectivity index (χ4v) is 2.71. The third-order valence-electron chi connectivity index (χ3n) is 4.08. The summed E-state index contributed by atoms with van der Waals surface area (Å²) in [5.74, 6) is -0.163. The second-order valence-corrected chi connectivity index (χ2v) is 5.68. The zero-order valence-corrected chi connectivity index (χ0v) is 12.4. The van der Waals surface area contributed by atoms with Crippen molar-refractivity contribution in [2.75, 3.05) is 23.3 Å². The molecule has 110 valence electrons. The quantitative estimate of drug-likeness (QED) is 0.898. The van der Waals surface area contributed by atoms with Gasteiger partial charge in [-0.05, 0) is 55.2 Å². The molecule has 0 aromatic heterocycles. The Kier molecular flexibility index (Phi) is 4.09. The molecule has 0 aliphatic carbocycles. The highest BCUT2D eigenvalue weighted by atomic mass is 19.1. The van der Waals surface area contributed by atoms with Crippen LogP contribution in [0.1, 0.15) is 24.0 Å². The van der Waals surface area contributed by atoms with Gasteiger partial charge < -0.3 is 10.2 Å². The Morgan fingerprint density at radius 1 is 1.05 bits per heavy atom. The summed E-state index contributed by atoms with van der Waals surface area (Å²) in [5.41, 5.74) is 4.01. The van der Waals surface area contributed by atoms with E-state index in [0.29, 0.717) is 12.1 Å². The summed E-state index contributed by atoms with van der Waals surface area (Å²) in [6.07, 6.45) is 2.59. The molecule has 0 amide bonds. The Labute approximate surface area is 125 Å². The number of aryl methyl sites for hydroxylation is 1. The molecule has 0 unspecified atom stereocenters. The Balaban J connectivity index is 1.61. The van der Waals surface area contributed by atoms with Gasteiger partial charge in [-0.3, -0.25) is 0 Å². The minimum Gasteiger partial charge on any atom is -0.381 e. The van der Waals surface area contributed by atoms with E-state index in [1.807, 2.05) is 6.07 Å². The van der Waals surface area contributed by atoms with Gasteiger partial charge in [-0.2, -0.15) is 0 Å². The molecule has 1 saturated heterocycles. The number of halogens is 1. The van der Waals surface area contributed by atoms with Gasteiger partial charge in [-0.25, -0.2) is 4.39 Å². The molecule has 0 spiro atoms. The van der Waals surface area contributed by atoms with E-state index in [-0.39, 0.29) is 5.82 Å². The van der Waals surface area contributed by atoms with Gasteiger partial charge in [0.25, 0.3) is 0 Å². The highest BCUT2D eigenvalue weighted by molar-refractivity contribution is 5.50. The lowest BCUT2D eigenvalue weighted by molar-refractivity contribution is 0.619. The van der Waals surface area contributed by atoms with Crippen LogP contribution in [-0.2, 0) is 6.54 Å². The number of hydrogen-bond acceptors (Lipinski definition) is 2. The summed E-state index contributed by atoms with van der Waals surface area (Å²) in [4.78, 5) is 2.42. The first-order valence-electron chi connectivity index (χ1n) is 7.56. The Morgan fingerprint density at radius 3 is 2.43 bits per heavy atom. The number of nitrogens with zero attached hydrogens (tertiary/aromatic N) is 1. The third-order valence-corrected chi connectivity index (χ3v) is 4.08. The van der Waals surface area contributed by atoms with E-state index in [1.54, 1.807) is 19.1 Å². The molecule has 1 heterocycles. The number of nitrogens with one attached hydrogen (secondary N) is 1. The van der Waals surface area contributed by atoms with Crippen molar-refractivity contribution in [3.63, 3.8) is 0 Å². The Hall–Kier alpha value is -2.03. The maximum atomic E-state index is 13.5. The molecule has 1 aliphatic rings. The van der Waals surface area contributed by atoms with E-state index in [2.05, 4.69) is 34.5 Å². The van der Waals surface area contributed by atoms with Crippen LogP contribution < -0.4 is 10.2 Å². The lowest BCUT2D eigenvalue weighted by Gasteiger charge is -2.17. The van der Waals surface area contributed by atoms with Crippen LogP contribution >= 0.6 is 0 Å². The van der Waals surface area contributed by atoms with Gasteiger partial charge in [-0.15, -0.1) is 0 Å². The number of benzene rings is 2. The second-order valence-electron chi connectivity index (χ2n) is 5.68. The maximum absolute atomic E-state index is 13.5. The first-order chi connectivity index (χ1) is 10.2. The number of hydrogen-bond donors (Lipinski definition) is 1. The Morgan fingerprint density at radius 2 is 1.76 bits per heavy atom. The van der Waals surface area contributed by atoms with Gasteiger partial charge >= 0.3 is 0 Å². The average Bonchev–Trinajstić information content (AvgIpc) is 3.03. The van der Waals surface area contributed by atoms with Gasteiger partial charge in [0.05, 0.1) is 0 Å². The van der Waals surface area contributed by atoms with E-state index in [0.717, 1.165) is 5.69 Å². The molecule has 1 fully saturated rings. The molecule has 0 bridgehead atoms. The topological polar surface area (TPSA) is 15.3 Å². The zero-order valence-electron chi connectivity index (χ0n) is 12.4. The van der Waals surface area contributed by atoms with Crippen LogP contribution in [0.25, 0.3) is 0 Å². The van der Waals surface area contributed by atoms with Crippen molar-refractivity contribution in [3.05, 3.63) is 59.4 Å². The van der Waals surface area contributed by atoms with E-state index in [9.17, 15) is 4.39 Å². The van der Waals surface area contributed by atoms with Crippen LogP contribution in [0.2, 0.25) is 0 Å². The highest BCUT2D eigenvalue weighted by Crippen LogP contribution is 2.21. The second kappa shape index (κ2) is 6.17. The maximum Gasteiger partial charge on any atom is 0.128 e. The minimum atomic E-state index is -0.163. The lowest BCUT2D eigenvalue weighted by atomic mass is 10.1. The number of anilines is 2. The molecule has 21 heavy (non-hydrogen) atoms. The molecule has 1 N–H and O–H groups in total. The van der Waals surface area contributed by atoms with Crippen LogP contribution in [0.3, 0.4) is 0 Å². The normalized spacial score (nSPS) is 14.5. The van der Waals surface area contributed by atoms with Gasteiger partial charge in [0, 0.05) is 31.0 Å². The van der Waals surface area contributed by atoms with Crippen molar-refractivity contribution in [1.29, 1.82) is 0 Å². The van der Waals surface area contributed by atoms with Crippen molar-refractivity contribution in [1.82, 2.24) is 0 Å². The Bertz CT molecular complexity index is 601. The summed E-state index contributed by atoms with van der Waals surface area (Å²) in [6.45, 7) is 4.82. The van der Waals surface area contributed by atoms with Gasteiger partial charge in [-0.1, -0.05) is 18.2 Å². The molecule has 2 aromatic rings. The van der Waals surface area contributed by atoms with Crippen LogP contribution in [0.4, 0.5) is 15.8 Å². The summed E-state index contributed by atoms with van der Waals surface area (Å²) < 4.78 is 13.5. The predicted octanol–water partition coefficient (Wildman–Crippen LogP) is 4.35. The fourth-order valence-electron chi connectivity index (χ4n) is 2.71. The molecule has 2 aromatic carbocycles. The van der Waals surface area contributed by atoms with E-state index in [1.165, 1.54) is 37.2 Å². The fraction of sp³-hybridized carbons (Fsp3) is 0.333. The highest BCUT2D eigenvalue weighted by Gasteiger charge is 2.11. The molecule has 3 rings (SSSR count). The summed E-state index contributed by atoms with van der Waals surface area (Å²) in [6, 6.07) is 13.9. The summed E-state index contributed by atoms with van der Waals surface area (Å²) >= 11 is 0. The van der Waals surface area contributed by atoms with Crippen LogP contribution in [0.15, 0.2) is 42.5 Å². The summed E-state index contributed by atoms with van der Waals surface area (Å²) in [5, 5.41) is 3.26. The molecule has 1 aliphatic heterocycles. The molecular formula is C18H21FN2. The van der Waals surface area contributed by atoms with Crippen molar-refractivity contribution in [3.8, 4) is 0 Å². The van der Waals surface area contributed by atoms with Gasteiger partial charge in [0.15, 0.2) is 0 Å². The molecule has 0 atom stereocenters. The van der Waals surface area contributed by atoms with Crippen molar-refractivity contribution >= 4 is 11.4 Å². The van der Waals surface area contributed by atoms with Crippen molar-refractivity contribution in [2.24, 2.45) is 0 Å². The van der Waals surface area contributed by atoms with Crippen molar-refractivity contribution in [2.45, 2.75) is 26.3 Å². The summed E-state index contributed by atoms with van der Waals surface area (Å²) in [7, 11) is 0. The van der Waals surface area contributed by atoms with Crippen LogP contribution in [0, 0.1) is 12.7 Å². The minimum absolute atomic E-state index is 0.163. The molecule has 0 saturated carbocycles. The van der Waals surface area contributed by atoms with Crippen LogP contribution in [-0.4, -0.2) is 13.1 Å². The third kappa shape index (κ3) is 3.35. The van der Waals surface area contributed by atoms with Gasteiger partial charge in [0.2, 0.25) is 0 Å². The van der Waals surface area contributed by atoms with E-state index >= 15 is 0 Å². The van der Waals surface area contributed by atoms with E-state index in [4.69, 9.17) is 0 Å². The molecule has 2 nitrogen and oxygen atoms in total. The van der Waals surface area contributed by atoms with Crippen LogP contribution in [0.5, 0.6) is 0 Å². The van der Waals surface area contributed by atoms with Crippen molar-refractivity contribution < 1.29 is 4.39 Å². The first-order valence-corrected chi connectivity index (χ1v) is 7.56. The molecular weight excluding hydrogens is 263 g/mol. The molecule has 0 radical (unpaired) electrons. The standard InChI is InChI=1S/C18H21FN2/c1-14-4-7-16(12-18(14)19)20-13-15-5-8-17(9-6-15)21-10-2-3-11-21/h4-9,12,20H,2-3,10-11,13H2,1H3. The monoisotopic (exact) mass is 284 g/mol. The first kappa shape index (κ1) is 13.9. The SMILES string of the molecule is Cc1ccc(NCc2ccc(N3CCCC3)cc2)cc1F. The number of rotatable bonds is 4. The largest absolute Gasteiger partial charge is 0.381 e. The predicted molar refractivity (Wildman–Crippen MR) is 86.4 cm³/mol. The molecule has 3 heteroatoms.